The molecule has 2 heteroatoms. The lowest BCUT2D eigenvalue weighted by Gasteiger charge is -2.05. The van der Waals surface area contributed by atoms with Crippen molar-refractivity contribution in [2.45, 2.75) is 13.5 Å². The Morgan fingerprint density at radius 3 is 2.53 bits per heavy atom. The number of aromatic nitrogens is 1. The first-order valence-electron chi connectivity index (χ1n) is 5.05. The highest BCUT2D eigenvalue weighted by molar-refractivity contribution is 5.42. The molecule has 0 amide bonds. The van der Waals surface area contributed by atoms with E-state index >= 15 is 0 Å². The topological polar surface area (TPSA) is 24.9 Å². The summed E-state index contributed by atoms with van der Waals surface area (Å²) in [6.07, 6.45) is 1.91. The maximum absolute atomic E-state index is 4.25. The Bertz CT molecular complexity index is 406. The van der Waals surface area contributed by atoms with Gasteiger partial charge in [-0.1, -0.05) is 24.3 Å². The van der Waals surface area contributed by atoms with E-state index < -0.39 is 0 Å². The van der Waals surface area contributed by atoms with Crippen molar-refractivity contribution >= 4 is 5.69 Å². The van der Waals surface area contributed by atoms with Crippen LogP contribution in [0.25, 0.3) is 0 Å². The zero-order chi connectivity index (χ0) is 10.5. The molecule has 0 aliphatic heterocycles. The molecule has 0 atom stereocenters. The number of benzene rings is 1. The summed E-state index contributed by atoms with van der Waals surface area (Å²) < 4.78 is 0. The molecule has 0 fully saturated rings. The van der Waals surface area contributed by atoms with Gasteiger partial charge in [0, 0.05) is 24.1 Å². The smallest absolute Gasteiger partial charge is 0.0416 e. The molecule has 0 saturated carbocycles. The van der Waals surface area contributed by atoms with Gasteiger partial charge in [0.05, 0.1) is 0 Å². The van der Waals surface area contributed by atoms with Crippen LogP contribution < -0.4 is 5.32 Å². The van der Waals surface area contributed by atoms with Gasteiger partial charge in [0.2, 0.25) is 0 Å². The highest BCUT2D eigenvalue weighted by atomic mass is 14.9. The molecule has 0 spiro atoms. The minimum atomic E-state index is 0.817. The van der Waals surface area contributed by atoms with Crippen LogP contribution in [0.3, 0.4) is 0 Å². The maximum Gasteiger partial charge on any atom is 0.0416 e. The fraction of sp³-hybridized carbons (Fsp3) is 0.154. The maximum atomic E-state index is 4.25. The lowest BCUT2D eigenvalue weighted by molar-refractivity contribution is 1.09. The molecule has 15 heavy (non-hydrogen) atoms. The molecule has 2 rings (SSSR count). The van der Waals surface area contributed by atoms with Gasteiger partial charge in [-0.05, 0) is 30.7 Å². The second-order valence-corrected chi connectivity index (χ2v) is 3.53. The molecular weight excluding hydrogens is 184 g/mol. The average molecular weight is 198 g/mol. The standard InChI is InChI=1S/C13H14N2/c1-11-7-8-12(9-14-11)10-15-13-5-3-2-4-6-13/h2-9,15H,10H2,1H3. The van der Waals surface area contributed by atoms with Crippen molar-refractivity contribution < 1.29 is 0 Å². The average Bonchev–Trinajstić information content (AvgIpc) is 2.30. The molecule has 0 radical (unpaired) electrons. The molecule has 0 unspecified atom stereocenters. The van der Waals surface area contributed by atoms with Crippen molar-refractivity contribution in [1.29, 1.82) is 0 Å². The molecular formula is C13H14N2. The van der Waals surface area contributed by atoms with Crippen molar-refractivity contribution in [3.8, 4) is 0 Å². The molecule has 0 aliphatic rings. The number of anilines is 1. The summed E-state index contributed by atoms with van der Waals surface area (Å²) in [5.41, 5.74) is 3.39. The van der Waals surface area contributed by atoms with Crippen LogP contribution in [0.2, 0.25) is 0 Å². The van der Waals surface area contributed by atoms with Crippen LogP contribution in [0.15, 0.2) is 48.7 Å². The molecule has 76 valence electrons. The van der Waals surface area contributed by atoms with Crippen LogP contribution in [0.4, 0.5) is 5.69 Å². The molecule has 1 aromatic carbocycles. The van der Waals surface area contributed by atoms with Gasteiger partial charge in [0.1, 0.15) is 0 Å². The van der Waals surface area contributed by atoms with Gasteiger partial charge < -0.3 is 5.32 Å². The largest absolute Gasteiger partial charge is 0.381 e. The van der Waals surface area contributed by atoms with E-state index in [-0.39, 0.29) is 0 Å². The van der Waals surface area contributed by atoms with Crippen LogP contribution in [0, 0.1) is 6.92 Å². The van der Waals surface area contributed by atoms with Gasteiger partial charge in [-0.2, -0.15) is 0 Å². The monoisotopic (exact) mass is 198 g/mol. The highest BCUT2D eigenvalue weighted by Gasteiger charge is 1.93. The molecule has 0 aliphatic carbocycles. The lowest BCUT2D eigenvalue weighted by Crippen LogP contribution is -1.99. The highest BCUT2D eigenvalue weighted by Crippen LogP contribution is 2.07. The summed E-state index contributed by atoms with van der Waals surface area (Å²) in [4.78, 5) is 4.25. The van der Waals surface area contributed by atoms with Gasteiger partial charge in [0.15, 0.2) is 0 Å². The molecule has 2 nitrogen and oxygen atoms in total. The zero-order valence-corrected chi connectivity index (χ0v) is 8.77. The Labute approximate surface area is 90.0 Å². The van der Waals surface area contributed by atoms with Crippen molar-refractivity contribution in [3.63, 3.8) is 0 Å². The summed E-state index contributed by atoms with van der Waals surface area (Å²) in [7, 11) is 0. The van der Waals surface area contributed by atoms with Crippen LogP contribution >= 0.6 is 0 Å². The van der Waals surface area contributed by atoms with Crippen molar-refractivity contribution in [1.82, 2.24) is 4.98 Å². The molecule has 1 aromatic heterocycles. The fourth-order valence-electron chi connectivity index (χ4n) is 1.36. The molecule has 0 saturated heterocycles. The van der Waals surface area contributed by atoms with Crippen molar-refractivity contribution in [3.05, 3.63) is 59.9 Å². The first-order valence-corrected chi connectivity index (χ1v) is 5.05. The third-order valence-corrected chi connectivity index (χ3v) is 2.24. The van der Waals surface area contributed by atoms with Gasteiger partial charge in [-0.3, -0.25) is 4.98 Å². The van der Waals surface area contributed by atoms with E-state index in [2.05, 4.69) is 28.5 Å². The third-order valence-electron chi connectivity index (χ3n) is 2.24. The second kappa shape index (κ2) is 4.60. The second-order valence-electron chi connectivity index (χ2n) is 3.53. The normalized spacial score (nSPS) is 9.93. The Morgan fingerprint density at radius 1 is 1.07 bits per heavy atom. The van der Waals surface area contributed by atoms with Gasteiger partial charge >= 0.3 is 0 Å². The van der Waals surface area contributed by atoms with E-state index in [9.17, 15) is 0 Å². The lowest BCUT2D eigenvalue weighted by atomic mass is 10.2. The number of hydrogen-bond donors (Lipinski definition) is 1. The van der Waals surface area contributed by atoms with E-state index in [1.807, 2.05) is 37.4 Å². The molecule has 1 N–H and O–H groups in total. The Hall–Kier alpha value is -1.83. The summed E-state index contributed by atoms with van der Waals surface area (Å²) in [5, 5.41) is 3.34. The SMILES string of the molecule is Cc1ccc(CNc2ccccc2)cn1. The Kier molecular flexibility index (Phi) is 2.98. The number of pyridine rings is 1. The Morgan fingerprint density at radius 2 is 1.87 bits per heavy atom. The summed E-state index contributed by atoms with van der Waals surface area (Å²) in [5.74, 6) is 0. The predicted octanol–water partition coefficient (Wildman–Crippen LogP) is 3.00. The van der Waals surface area contributed by atoms with Crippen LogP contribution in [0.5, 0.6) is 0 Å². The van der Waals surface area contributed by atoms with E-state index in [4.69, 9.17) is 0 Å². The van der Waals surface area contributed by atoms with E-state index in [1.165, 1.54) is 5.56 Å². The number of hydrogen-bond acceptors (Lipinski definition) is 2. The van der Waals surface area contributed by atoms with Gasteiger partial charge in [-0.15, -0.1) is 0 Å². The van der Waals surface area contributed by atoms with Crippen molar-refractivity contribution in [2.75, 3.05) is 5.32 Å². The number of nitrogens with zero attached hydrogens (tertiary/aromatic N) is 1. The first kappa shape index (κ1) is 9.71. The molecule has 2 aromatic rings. The van der Waals surface area contributed by atoms with E-state index in [0.29, 0.717) is 0 Å². The quantitative estimate of drug-likeness (QED) is 0.820. The zero-order valence-electron chi connectivity index (χ0n) is 8.77. The van der Waals surface area contributed by atoms with Gasteiger partial charge in [-0.25, -0.2) is 0 Å². The minimum Gasteiger partial charge on any atom is -0.381 e. The first-order chi connectivity index (χ1) is 7.34. The minimum absolute atomic E-state index is 0.817. The third kappa shape index (κ3) is 2.81. The number of nitrogens with one attached hydrogen (secondary N) is 1. The predicted molar refractivity (Wildman–Crippen MR) is 62.7 cm³/mol. The number of para-hydroxylation sites is 1. The van der Waals surface area contributed by atoms with Crippen LogP contribution in [0.1, 0.15) is 11.3 Å². The van der Waals surface area contributed by atoms with Crippen LogP contribution in [-0.4, -0.2) is 4.98 Å². The molecule has 1 heterocycles. The fourth-order valence-corrected chi connectivity index (χ4v) is 1.36. The van der Waals surface area contributed by atoms with Crippen LogP contribution in [-0.2, 0) is 6.54 Å². The molecule has 0 bridgehead atoms. The summed E-state index contributed by atoms with van der Waals surface area (Å²) in [6, 6.07) is 14.3. The van der Waals surface area contributed by atoms with E-state index in [0.717, 1.165) is 17.9 Å². The number of rotatable bonds is 3. The van der Waals surface area contributed by atoms with Crippen molar-refractivity contribution in [2.24, 2.45) is 0 Å². The summed E-state index contributed by atoms with van der Waals surface area (Å²) >= 11 is 0. The summed E-state index contributed by atoms with van der Waals surface area (Å²) in [6.45, 7) is 2.81. The van der Waals surface area contributed by atoms with Gasteiger partial charge in [0.25, 0.3) is 0 Å². The number of aryl methyl sites for hydroxylation is 1. The van der Waals surface area contributed by atoms with E-state index in [1.54, 1.807) is 0 Å². The Balaban J connectivity index is 1.96.